The van der Waals surface area contributed by atoms with Crippen LogP contribution in [0.1, 0.15) is 29.5 Å². The Balaban J connectivity index is 1.79. The number of halogens is 1. The molecule has 19 heavy (non-hydrogen) atoms. The van der Waals surface area contributed by atoms with Gasteiger partial charge in [-0.3, -0.25) is 0 Å². The summed E-state index contributed by atoms with van der Waals surface area (Å²) in [5, 5.41) is 0. The second kappa shape index (κ2) is 4.78. The topological polar surface area (TPSA) is 26.0 Å². The average Bonchev–Trinajstić information content (AvgIpc) is 2.75. The van der Waals surface area contributed by atoms with Gasteiger partial charge in [-0.1, -0.05) is 36.4 Å². The molecule has 0 saturated heterocycles. The Bertz CT molecular complexity index is 579. The first kappa shape index (κ1) is 12.4. The van der Waals surface area contributed by atoms with E-state index < -0.39 is 0 Å². The first-order chi connectivity index (χ1) is 9.17. The van der Waals surface area contributed by atoms with Crippen LogP contribution in [0.15, 0.2) is 48.5 Å². The first-order valence-corrected chi connectivity index (χ1v) is 6.79. The number of rotatable bonds is 3. The molecular formula is C17H18FN. The van der Waals surface area contributed by atoms with Gasteiger partial charge in [-0.2, -0.15) is 0 Å². The lowest BCUT2D eigenvalue weighted by molar-refractivity contribution is 0.407. The number of aryl methyl sites for hydroxylation is 2. The molecule has 0 aromatic heterocycles. The molecule has 0 spiro atoms. The van der Waals surface area contributed by atoms with Gasteiger partial charge in [0, 0.05) is 5.54 Å². The Kier molecular flexibility index (Phi) is 3.11. The number of fused-ring (bicyclic) bond motifs is 1. The van der Waals surface area contributed by atoms with Crippen LogP contribution in [-0.2, 0) is 18.4 Å². The highest BCUT2D eigenvalue weighted by molar-refractivity contribution is 5.39. The predicted octanol–water partition coefficient (Wildman–Crippen LogP) is 3.56. The molecule has 3 rings (SSSR count). The van der Waals surface area contributed by atoms with E-state index in [4.69, 9.17) is 5.73 Å². The van der Waals surface area contributed by atoms with Crippen molar-refractivity contribution in [1.82, 2.24) is 0 Å². The van der Waals surface area contributed by atoms with Crippen LogP contribution in [0.4, 0.5) is 4.39 Å². The van der Waals surface area contributed by atoms with Crippen LogP contribution in [0.5, 0.6) is 0 Å². The van der Waals surface area contributed by atoms with Gasteiger partial charge in [-0.15, -0.1) is 0 Å². The first-order valence-electron chi connectivity index (χ1n) is 6.79. The third-order valence-electron chi connectivity index (χ3n) is 4.15. The number of hydrogen-bond donors (Lipinski definition) is 1. The van der Waals surface area contributed by atoms with E-state index >= 15 is 0 Å². The summed E-state index contributed by atoms with van der Waals surface area (Å²) < 4.78 is 13.2. The predicted molar refractivity (Wildman–Crippen MR) is 75.3 cm³/mol. The third kappa shape index (κ3) is 2.41. The highest BCUT2D eigenvalue weighted by Gasteiger charge is 2.34. The summed E-state index contributed by atoms with van der Waals surface area (Å²) in [5.41, 5.74) is 9.77. The minimum Gasteiger partial charge on any atom is -0.321 e. The van der Waals surface area contributed by atoms with Gasteiger partial charge >= 0.3 is 0 Å². The average molecular weight is 255 g/mol. The molecule has 0 aliphatic heterocycles. The van der Waals surface area contributed by atoms with E-state index in [0.717, 1.165) is 36.8 Å². The Labute approximate surface area is 113 Å². The molecule has 2 aromatic rings. The molecule has 1 aliphatic carbocycles. The zero-order chi connectivity index (χ0) is 13.3. The molecule has 0 radical (unpaired) electrons. The fourth-order valence-electron chi connectivity index (χ4n) is 3.02. The number of benzene rings is 2. The fourth-order valence-corrected chi connectivity index (χ4v) is 3.02. The van der Waals surface area contributed by atoms with Crippen molar-refractivity contribution in [2.75, 3.05) is 0 Å². The van der Waals surface area contributed by atoms with Crippen LogP contribution in [0.3, 0.4) is 0 Å². The van der Waals surface area contributed by atoms with E-state index in [1.54, 1.807) is 6.07 Å². The summed E-state index contributed by atoms with van der Waals surface area (Å²) >= 11 is 0. The van der Waals surface area contributed by atoms with Crippen molar-refractivity contribution < 1.29 is 4.39 Å². The molecule has 0 saturated carbocycles. The standard InChI is InChI=1S/C17H18FN/c18-15-6-7-16-14(12-15)9-11-17(16,19)10-8-13-4-2-1-3-5-13/h1-7,12H,8-11,19H2. The van der Waals surface area contributed by atoms with Crippen molar-refractivity contribution in [3.8, 4) is 0 Å². The molecule has 1 aliphatic rings. The number of nitrogens with two attached hydrogens (primary N) is 1. The smallest absolute Gasteiger partial charge is 0.123 e. The van der Waals surface area contributed by atoms with E-state index in [2.05, 4.69) is 24.3 Å². The quantitative estimate of drug-likeness (QED) is 0.891. The maximum atomic E-state index is 13.2. The van der Waals surface area contributed by atoms with Crippen LogP contribution in [0, 0.1) is 5.82 Å². The van der Waals surface area contributed by atoms with Crippen molar-refractivity contribution in [2.45, 2.75) is 31.2 Å². The molecule has 2 heteroatoms. The Hall–Kier alpha value is -1.67. The lowest BCUT2D eigenvalue weighted by Gasteiger charge is -2.25. The van der Waals surface area contributed by atoms with Gasteiger partial charge < -0.3 is 5.73 Å². The Morgan fingerprint density at radius 2 is 1.89 bits per heavy atom. The van der Waals surface area contributed by atoms with Gasteiger partial charge in [0.1, 0.15) is 5.82 Å². The van der Waals surface area contributed by atoms with Crippen LogP contribution >= 0.6 is 0 Å². The lowest BCUT2D eigenvalue weighted by Crippen LogP contribution is -2.34. The zero-order valence-corrected chi connectivity index (χ0v) is 10.9. The monoisotopic (exact) mass is 255 g/mol. The second-order valence-corrected chi connectivity index (χ2v) is 5.44. The molecule has 1 unspecified atom stereocenters. The molecule has 1 atom stereocenters. The highest BCUT2D eigenvalue weighted by Crippen LogP contribution is 2.38. The summed E-state index contributed by atoms with van der Waals surface area (Å²) in [6.07, 6.45) is 3.68. The summed E-state index contributed by atoms with van der Waals surface area (Å²) in [5.74, 6) is -0.161. The molecule has 0 heterocycles. The zero-order valence-electron chi connectivity index (χ0n) is 10.9. The highest BCUT2D eigenvalue weighted by atomic mass is 19.1. The van der Waals surface area contributed by atoms with Gasteiger partial charge in [0.05, 0.1) is 0 Å². The van der Waals surface area contributed by atoms with E-state index in [9.17, 15) is 4.39 Å². The lowest BCUT2D eigenvalue weighted by atomic mass is 9.86. The molecule has 0 fully saturated rings. The Morgan fingerprint density at radius 3 is 2.68 bits per heavy atom. The largest absolute Gasteiger partial charge is 0.321 e. The van der Waals surface area contributed by atoms with E-state index in [0.29, 0.717) is 0 Å². The van der Waals surface area contributed by atoms with E-state index in [1.807, 2.05) is 12.1 Å². The molecule has 0 bridgehead atoms. The van der Waals surface area contributed by atoms with Gasteiger partial charge in [0.2, 0.25) is 0 Å². The van der Waals surface area contributed by atoms with Gasteiger partial charge in [0.15, 0.2) is 0 Å². The van der Waals surface area contributed by atoms with Gasteiger partial charge in [-0.25, -0.2) is 4.39 Å². The van der Waals surface area contributed by atoms with Crippen LogP contribution in [-0.4, -0.2) is 0 Å². The van der Waals surface area contributed by atoms with Crippen molar-refractivity contribution >= 4 is 0 Å². The maximum absolute atomic E-state index is 13.2. The molecule has 98 valence electrons. The summed E-state index contributed by atoms with van der Waals surface area (Å²) in [4.78, 5) is 0. The molecular weight excluding hydrogens is 237 g/mol. The minimum absolute atomic E-state index is 0.161. The van der Waals surface area contributed by atoms with E-state index in [1.165, 1.54) is 11.6 Å². The van der Waals surface area contributed by atoms with Crippen molar-refractivity contribution in [3.63, 3.8) is 0 Å². The second-order valence-electron chi connectivity index (χ2n) is 5.44. The summed E-state index contributed by atoms with van der Waals surface area (Å²) in [6.45, 7) is 0. The van der Waals surface area contributed by atoms with Gasteiger partial charge in [-0.05, 0) is 54.5 Å². The molecule has 0 amide bonds. The molecule has 2 aromatic carbocycles. The fraction of sp³-hybridized carbons (Fsp3) is 0.294. The van der Waals surface area contributed by atoms with E-state index in [-0.39, 0.29) is 11.4 Å². The van der Waals surface area contributed by atoms with Crippen molar-refractivity contribution in [2.24, 2.45) is 5.73 Å². The maximum Gasteiger partial charge on any atom is 0.123 e. The van der Waals surface area contributed by atoms with Crippen LogP contribution < -0.4 is 5.73 Å². The Morgan fingerprint density at radius 1 is 1.11 bits per heavy atom. The SMILES string of the molecule is NC1(CCc2ccccc2)CCc2cc(F)ccc21. The minimum atomic E-state index is -0.293. The van der Waals surface area contributed by atoms with Crippen molar-refractivity contribution in [1.29, 1.82) is 0 Å². The summed E-state index contributed by atoms with van der Waals surface area (Å²) in [7, 11) is 0. The summed E-state index contributed by atoms with van der Waals surface area (Å²) in [6, 6.07) is 15.4. The van der Waals surface area contributed by atoms with Crippen molar-refractivity contribution in [3.05, 3.63) is 71.0 Å². The van der Waals surface area contributed by atoms with Crippen LogP contribution in [0.2, 0.25) is 0 Å². The van der Waals surface area contributed by atoms with Crippen LogP contribution in [0.25, 0.3) is 0 Å². The third-order valence-corrected chi connectivity index (χ3v) is 4.15. The normalized spacial score (nSPS) is 21.4. The molecule has 1 nitrogen and oxygen atoms in total. The molecule has 2 N–H and O–H groups in total. The van der Waals surface area contributed by atoms with Gasteiger partial charge in [0.25, 0.3) is 0 Å². The number of hydrogen-bond acceptors (Lipinski definition) is 1.